The Morgan fingerprint density at radius 1 is 1.07 bits per heavy atom. The molecule has 3 rings (SSSR count). The summed E-state index contributed by atoms with van der Waals surface area (Å²) < 4.78 is 7.42. The Hall–Kier alpha value is -3.19. The van der Waals surface area contributed by atoms with Crippen LogP contribution in [0.5, 0.6) is 0 Å². The summed E-state index contributed by atoms with van der Waals surface area (Å²) in [5.41, 5.74) is 0.932. The molecule has 1 aromatic heterocycles. The SMILES string of the molecule is CCc1ccccc1-n1c(=O)c2ccccc2n(CC(=O)NCCOC)c1=O. The van der Waals surface area contributed by atoms with E-state index in [1.54, 1.807) is 43.5 Å². The van der Waals surface area contributed by atoms with E-state index in [-0.39, 0.29) is 12.5 Å². The van der Waals surface area contributed by atoms with Gasteiger partial charge in [0.25, 0.3) is 5.56 Å². The number of hydrogen-bond donors (Lipinski definition) is 1. The first kappa shape index (κ1) is 19.6. The number of rotatable bonds is 7. The molecule has 0 unspecified atom stereocenters. The molecule has 0 fully saturated rings. The van der Waals surface area contributed by atoms with Crippen LogP contribution in [0.2, 0.25) is 0 Å². The van der Waals surface area contributed by atoms with Crippen LogP contribution in [0.25, 0.3) is 16.6 Å². The second-order valence-electron chi connectivity index (χ2n) is 6.35. The third-order valence-electron chi connectivity index (χ3n) is 4.59. The fraction of sp³-hybridized carbons (Fsp3) is 0.286. The molecule has 1 heterocycles. The maximum absolute atomic E-state index is 13.3. The Balaban J connectivity index is 2.20. The predicted octanol–water partition coefficient (Wildman–Crippen LogP) is 1.48. The first-order valence-electron chi connectivity index (χ1n) is 9.17. The van der Waals surface area contributed by atoms with Gasteiger partial charge >= 0.3 is 5.69 Å². The predicted molar refractivity (Wildman–Crippen MR) is 108 cm³/mol. The summed E-state index contributed by atoms with van der Waals surface area (Å²) in [6.45, 7) is 2.51. The number of nitrogens with one attached hydrogen (secondary N) is 1. The minimum atomic E-state index is -0.536. The van der Waals surface area contributed by atoms with Crippen LogP contribution in [0.15, 0.2) is 58.1 Å². The minimum Gasteiger partial charge on any atom is -0.383 e. The summed E-state index contributed by atoms with van der Waals surface area (Å²) in [5, 5.41) is 3.10. The van der Waals surface area contributed by atoms with Crippen molar-refractivity contribution in [3.8, 4) is 5.69 Å². The van der Waals surface area contributed by atoms with Gasteiger partial charge in [-0.2, -0.15) is 0 Å². The quantitative estimate of drug-likeness (QED) is 0.629. The van der Waals surface area contributed by atoms with Crippen LogP contribution in [-0.2, 0) is 22.5 Å². The van der Waals surface area contributed by atoms with Crippen molar-refractivity contribution in [2.75, 3.05) is 20.3 Å². The van der Waals surface area contributed by atoms with Crippen LogP contribution >= 0.6 is 0 Å². The first-order valence-corrected chi connectivity index (χ1v) is 9.17. The molecule has 0 spiro atoms. The smallest absolute Gasteiger partial charge is 0.336 e. The lowest BCUT2D eigenvalue weighted by molar-refractivity contribution is -0.121. The molecule has 0 aliphatic carbocycles. The average Bonchev–Trinajstić information content (AvgIpc) is 2.72. The fourth-order valence-corrected chi connectivity index (χ4v) is 3.21. The van der Waals surface area contributed by atoms with Crippen molar-refractivity contribution in [2.24, 2.45) is 0 Å². The Bertz CT molecular complexity index is 1110. The number of para-hydroxylation sites is 2. The van der Waals surface area contributed by atoms with Crippen molar-refractivity contribution in [3.63, 3.8) is 0 Å². The van der Waals surface area contributed by atoms with Crippen molar-refractivity contribution in [2.45, 2.75) is 19.9 Å². The monoisotopic (exact) mass is 381 g/mol. The largest absolute Gasteiger partial charge is 0.383 e. The Morgan fingerprint density at radius 2 is 1.79 bits per heavy atom. The third kappa shape index (κ3) is 3.75. The van der Waals surface area contributed by atoms with E-state index >= 15 is 0 Å². The van der Waals surface area contributed by atoms with Crippen LogP contribution in [0.3, 0.4) is 0 Å². The maximum atomic E-state index is 13.3. The zero-order valence-electron chi connectivity index (χ0n) is 16.0. The lowest BCUT2D eigenvalue weighted by Gasteiger charge is -2.16. The summed E-state index contributed by atoms with van der Waals surface area (Å²) in [5.74, 6) is -0.321. The number of benzene rings is 2. The van der Waals surface area contributed by atoms with Crippen molar-refractivity contribution in [1.82, 2.24) is 14.5 Å². The van der Waals surface area contributed by atoms with E-state index < -0.39 is 11.2 Å². The number of aromatic nitrogens is 2. The number of aryl methyl sites for hydroxylation is 1. The maximum Gasteiger partial charge on any atom is 0.336 e. The average molecular weight is 381 g/mol. The Morgan fingerprint density at radius 3 is 2.54 bits per heavy atom. The van der Waals surface area contributed by atoms with Crippen molar-refractivity contribution in [3.05, 3.63) is 74.9 Å². The molecule has 0 saturated heterocycles. The van der Waals surface area contributed by atoms with Gasteiger partial charge in [-0.25, -0.2) is 9.36 Å². The molecule has 7 nitrogen and oxygen atoms in total. The molecule has 1 N–H and O–H groups in total. The number of methoxy groups -OCH3 is 1. The molecule has 1 amide bonds. The van der Waals surface area contributed by atoms with E-state index in [1.165, 1.54) is 4.57 Å². The summed E-state index contributed by atoms with van der Waals surface area (Å²) in [7, 11) is 1.55. The van der Waals surface area contributed by atoms with Gasteiger partial charge in [-0.3, -0.25) is 14.2 Å². The van der Waals surface area contributed by atoms with Gasteiger partial charge in [0, 0.05) is 13.7 Å². The number of fused-ring (bicyclic) bond motifs is 1. The molecule has 0 radical (unpaired) electrons. The van der Waals surface area contributed by atoms with E-state index in [1.807, 2.05) is 19.1 Å². The van der Waals surface area contributed by atoms with Crippen molar-refractivity contribution >= 4 is 16.8 Å². The van der Waals surface area contributed by atoms with Gasteiger partial charge in [-0.05, 0) is 30.2 Å². The standard InChI is InChI=1S/C21H23N3O4/c1-3-15-8-4-6-10-17(15)24-20(26)16-9-5-7-11-18(16)23(21(24)27)14-19(25)22-12-13-28-2/h4-11H,3,12-14H2,1-2H3,(H,22,25). The second-order valence-corrected chi connectivity index (χ2v) is 6.35. The second kappa shape index (κ2) is 8.67. The lowest BCUT2D eigenvalue weighted by Crippen LogP contribution is -2.42. The molecule has 0 aliphatic rings. The summed E-state index contributed by atoms with van der Waals surface area (Å²) in [4.78, 5) is 38.7. The van der Waals surface area contributed by atoms with E-state index in [0.717, 1.165) is 10.1 Å². The molecule has 0 atom stereocenters. The van der Waals surface area contributed by atoms with Crippen LogP contribution < -0.4 is 16.6 Å². The summed E-state index contributed by atoms with van der Waals surface area (Å²) in [6.07, 6.45) is 0.673. The van der Waals surface area contributed by atoms with E-state index in [9.17, 15) is 14.4 Å². The highest BCUT2D eigenvalue weighted by Gasteiger charge is 2.17. The van der Waals surface area contributed by atoms with Gasteiger partial charge in [-0.1, -0.05) is 37.3 Å². The molecular formula is C21H23N3O4. The molecule has 0 bridgehead atoms. The van der Waals surface area contributed by atoms with Gasteiger partial charge in [0.1, 0.15) is 6.54 Å². The highest BCUT2D eigenvalue weighted by molar-refractivity contribution is 5.82. The topological polar surface area (TPSA) is 82.3 Å². The number of carbonyl (C=O) groups excluding carboxylic acids is 1. The van der Waals surface area contributed by atoms with Gasteiger partial charge in [0.15, 0.2) is 0 Å². The van der Waals surface area contributed by atoms with E-state index in [2.05, 4.69) is 5.32 Å². The number of ether oxygens (including phenoxy) is 1. The highest BCUT2D eigenvalue weighted by atomic mass is 16.5. The van der Waals surface area contributed by atoms with Crippen LogP contribution in [0, 0.1) is 0 Å². The molecule has 146 valence electrons. The van der Waals surface area contributed by atoms with E-state index in [4.69, 9.17) is 4.74 Å². The Kier molecular flexibility index (Phi) is 6.06. The highest BCUT2D eigenvalue weighted by Crippen LogP contribution is 2.14. The minimum absolute atomic E-state index is 0.183. The van der Waals surface area contributed by atoms with Crippen LogP contribution in [0.1, 0.15) is 12.5 Å². The lowest BCUT2D eigenvalue weighted by atomic mass is 10.1. The number of nitrogens with zero attached hydrogens (tertiary/aromatic N) is 2. The number of hydrogen-bond acceptors (Lipinski definition) is 4. The number of amides is 1. The first-order chi connectivity index (χ1) is 13.6. The summed E-state index contributed by atoms with van der Waals surface area (Å²) >= 11 is 0. The molecule has 0 saturated carbocycles. The van der Waals surface area contributed by atoms with Gasteiger partial charge in [-0.15, -0.1) is 0 Å². The van der Waals surface area contributed by atoms with Crippen molar-refractivity contribution < 1.29 is 9.53 Å². The number of carbonyl (C=O) groups is 1. The van der Waals surface area contributed by atoms with Crippen LogP contribution in [-0.4, -0.2) is 35.3 Å². The van der Waals surface area contributed by atoms with Gasteiger partial charge in [0.2, 0.25) is 5.91 Å². The molecular weight excluding hydrogens is 358 g/mol. The van der Waals surface area contributed by atoms with E-state index in [0.29, 0.717) is 36.2 Å². The fourth-order valence-electron chi connectivity index (χ4n) is 3.21. The molecule has 7 heteroatoms. The third-order valence-corrected chi connectivity index (χ3v) is 4.59. The van der Waals surface area contributed by atoms with Gasteiger partial charge < -0.3 is 10.1 Å². The van der Waals surface area contributed by atoms with Crippen molar-refractivity contribution in [1.29, 1.82) is 0 Å². The zero-order valence-corrected chi connectivity index (χ0v) is 16.0. The van der Waals surface area contributed by atoms with Crippen LogP contribution in [0.4, 0.5) is 0 Å². The molecule has 0 aliphatic heterocycles. The normalized spacial score (nSPS) is 10.9. The molecule has 2 aromatic carbocycles. The summed E-state index contributed by atoms with van der Waals surface area (Å²) in [6, 6.07) is 14.1. The molecule has 28 heavy (non-hydrogen) atoms. The Labute approximate surface area is 162 Å². The van der Waals surface area contributed by atoms with Gasteiger partial charge in [0.05, 0.1) is 23.2 Å². The molecule has 3 aromatic rings. The zero-order chi connectivity index (χ0) is 20.1.